The summed E-state index contributed by atoms with van der Waals surface area (Å²) in [6.45, 7) is 2.43. The minimum atomic E-state index is -1.79. The monoisotopic (exact) mass is 991 g/mol. The normalized spacial score (nSPS) is 26.1. The van der Waals surface area contributed by atoms with Crippen LogP contribution in [0, 0.1) is 0 Å². The number of aliphatic hydroxyl groups excluding tert-OH is 7. The summed E-state index contributed by atoms with van der Waals surface area (Å²) in [5, 5.41) is 72.1. The largest absolute Gasteiger partial charge is 0.462 e. The van der Waals surface area contributed by atoms with Crippen molar-refractivity contribution in [2.24, 2.45) is 0 Å². The standard InChI is InChI=1S/C55H90O15/c1-3-5-7-9-11-13-15-17-19-21-23-25-27-29-31-33-35-37-46(57)65-40-43(68-47(58)38-36-34-32-30-28-26-24-22-20-18-16-14-12-10-8-6-4-2)41-66-54-53(64)51(62)49(60)45(70-54)42-67-55-52(63)50(61)48(59)44(39-56)69-55/h11,13,17-20,23-26,29-32,43-45,48-56,59-64H,3-10,12,14-16,21-22,27-28,33-42H2,1-2H3/b13-11+,19-17+,20-18+,25-23+,26-24+,31-29+,32-30+/t43-,44+,45+,48-,49-,50?,51?,52?,53?,54+,55+/m0/s1. The zero-order valence-electron chi connectivity index (χ0n) is 42.2. The maximum absolute atomic E-state index is 13.0. The van der Waals surface area contributed by atoms with E-state index in [0.717, 1.165) is 44.9 Å². The summed E-state index contributed by atoms with van der Waals surface area (Å²) in [4.78, 5) is 25.7. The molecule has 2 aliphatic heterocycles. The molecule has 0 radical (unpaired) electrons. The van der Waals surface area contributed by atoms with Gasteiger partial charge in [0.2, 0.25) is 0 Å². The molecule has 15 nitrogen and oxygen atoms in total. The predicted molar refractivity (Wildman–Crippen MR) is 270 cm³/mol. The maximum Gasteiger partial charge on any atom is 0.306 e. The fourth-order valence-corrected chi connectivity index (χ4v) is 7.52. The van der Waals surface area contributed by atoms with Crippen LogP contribution < -0.4 is 0 Å². The Kier molecular flexibility index (Phi) is 36.9. The zero-order chi connectivity index (χ0) is 51.0. The van der Waals surface area contributed by atoms with E-state index in [-0.39, 0.29) is 19.4 Å². The summed E-state index contributed by atoms with van der Waals surface area (Å²) in [6.07, 6.45) is 33.4. The van der Waals surface area contributed by atoms with E-state index >= 15 is 0 Å². The molecule has 2 fully saturated rings. The van der Waals surface area contributed by atoms with Gasteiger partial charge in [-0.2, -0.15) is 0 Å². The Balaban J connectivity index is 1.86. The van der Waals surface area contributed by atoms with Gasteiger partial charge in [-0.3, -0.25) is 9.59 Å². The van der Waals surface area contributed by atoms with Gasteiger partial charge in [-0.1, -0.05) is 144 Å². The Hall–Kier alpha value is -3.32. The van der Waals surface area contributed by atoms with E-state index < -0.39 is 99.3 Å². The number of unbranched alkanes of at least 4 members (excludes halogenated alkanes) is 11. The molecule has 0 aromatic carbocycles. The van der Waals surface area contributed by atoms with Gasteiger partial charge in [-0.05, 0) is 83.5 Å². The highest BCUT2D eigenvalue weighted by Crippen LogP contribution is 2.26. The molecular formula is C55H90O15. The lowest BCUT2D eigenvalue weighted by Gasteiger charge is -2.42. The zero-order valence-corrected chi connectivity index (χ0v) is 42.2. The van der Waals surface area contributed by atoms with Crippen LogP contribution in [0.3, 0.4) is 0 Å². The van der Waals surface area contributed by atoms with Crippen molar-refractivity contribution >= 4 is 11.9 Å². The van der Waals surface area contributed by atoms with Gasteiger partial charge in [0.1, 0.15) is 55.4 Å². The highest BCUT2D eigenvalue weighted by Gasteiger charge is 2.47. The SMILES string of the molecule is CCCCC/C=C/C/C=C/C/C=C/C/C=C/CCCC(=O)OC[C@@H](CO[C@@H]1O[C@H](CO[C@@H]2O[C@H](CO)[C@H](O)C(O)C2O)[C@H](O)C(O)C1O)OC(=O)CCC/C=C/C/C=C/C/C=C/CCCCCCCC. The molecule has 0 saturated carbocycles. The number of hydrogen-bond acceptors (Lipinski definition) is 15. The Morgan fingerprint density at radius 3 is 1.37 bits per heavy atom. The molecule has 2 rings (SSSR count). The smallest absolute Gasteiger partial charge is 0.306 e. The molecule has 0 spiro atoms. The third kappa shape index (κ3) is 28.7. The molecule has 2 heterocycles. The molecule has 7 N–H and O–H groups in total. The number of aliphatic hydroxyl groups is 7. The number of ether oxygens (including phenoxy) is 6. The van der Waals surface area contributed by atoms with Crippen LogP contribution in [0.15, 0.2) is 85.1 Å². The molecule has 2 saturated heterocycles. The Morgan fingerprint density at radius 2 is 0.857 bits per heavy atom. The first-order valence-electron chi connectivity index (χ1n) is 26.2. The lowest BCUT2D eigenvalue weighted by atomic mass is 9.98. The van der Waals surface area contributed by atoms with Gasteiger partial charge in [0.05, 0.1) is 19.8 Å². The Bertz CT molecular complexity index is 1540. The van der Waals surface area contributed by atoms with E-state index in [1.54, 1.807) is 0 Å². The fourth-order valence-electron chi connectivity index (χ4n) is 7.52. The number of esters is 2. The Morgan fingerprint density at radius 1 is 0.457 bits per heavy atom. The summed E-state index contributed by atoms with van der Waals surface area (Å²) < 4.78 is 33.4. The van der Waals surface area contributed by atoms with Gasteiger partial charge in [0.15, 0.2) is 18.7 Å². The molecule has 4 unspecified atom stereocenters. The van der Waals surface area contributed by atoms with Crippen LogP contribution in [-0.4, -0.2) is 142 Å². The van der Waals surface area contributed by atoms with E-state index in [9.17, 15) is 45.3 Å². The second-order valence-corrected chi connectivity index (χ2v) is 18.0. The summed E-state index contributed by atoms with van der Waals surface area (Å²) in [5.74, 6) is -1.06. The van der Waals surface area contributed by atoms with Crippen molar-refractivity contribution in [3.63, 3.8) is 0 Å². The van der Waals surface area contributed by atoms with Crippen LogP contribution >= 0.6 is 0 Å². The number of carbonyl (C=O) groups is 2. The molecule has 11 atom stereocenters. The lowest BCUT2D eigenvalue weighted by molar-refractivity contribution is -0.332. The van der Waals surface area contributed by atoms with Crippen LogP contribution in [0.25, 0.3) is 0 Å². The van der Waals surface area contributed by atoms with Crippen molar-refractivity contribution in [3.8, 4) is 0 Å². The summed E-state index contributed by atoms with van der Waals surface area (Å²) in [6, 6.07) is 0. The van der Waals surface area contributed by atoms with Crippen LogP contribution in [0.4, 0.5) is 0 Å². The van der Waals surface area contributed by atoms with Gasteiger partial charge < -0.3 is 64.2 Å². The molecule has 15 heteroatoms. The van der Waals surface area contributed by atoms with Crippen molar-refractivity contribution in [1.29, 1.82) is 0 Å². The van der Waals surface area contributed by atoms with E-state index in [4.69, 9.17) is 28.4 Å². The van der Waals surface area contributed by atoms with Gasteiger partial charge >= 0.3 is 11.9 Å². The first kappa shape index (κ1) is 62.8. The van der Waals surface area contributed by atoms with Crippen molar-refractivity contribution in [2.75, 3.05) is 26.4 Å². The summed E-state index contributed by atoms with van der Waals surface area (Å²) in [7, 11) is 0. The first-order chi connectivity index (χ1) is 34.0. The van der Waals surface area contributed by atoms with Crippen LogP contribution in [-0.2, 0) is 38.0 Å². The second kappa shape index (κ2) is 41.2. The number of rotatable bonds is 39. The van der Waals surface area contributed by atoms with E-state index in [2.05, 4.69) is 74.6 Å². The third-order valence-corrected chi connectivity index (χ3v) is 11.8. The summed E-state index contributed by atoms with van der Waals surface area (Å²) in [5.41, 5.74) is 0. The molecule has 400 valence electrons. The van der Waals surface area contributed by atoms with E-state index in [1.807, 2.05) is 24.3 Å². The average molecular weight is 991 g/mol. The second-order valence-electron chi connectivity index (χ2n) is 18.0. The molecule has 0 aromatic heterocycles. The predicted octanol–water partition coefficient (Wildman–Crippen LogP) is 7.60. The maximum atomic E-state index is 13.0. The van der Waals surface area contributed by atoms with E-state index in [0.29, 0.717) is 25.7 Å². The topological polar surface area (TPSA) is 231 Å². The van der Waals surface area contributed by atoms with Crippen LogP contribution in [0.2, 0.25) is 0 Å². The number of carbonyl (C=O) groups excluding carboxylic acids is 2. The van der Waals surface area contributed by atoms with Crippen molar-refractivity contribution < 1.29 is 73.8 Å². The quantitative estimate of drug-likeness (QED) is 0.0179. The van der Waals surface area contributed by atoms with Crippen molar-refractivity contribution in [1.82, 2.24) is 0 Å². The van der Waals surface area contributed by atoms with E-state index in [1.165, 1.54) is 57.8 Å². The Labute approximate surface area is 418 Å². The van der Waals surface area contributed by atoms with Gasteiger partial charge in [0.25, 0.3) is 0 Å². The highest BCUT2D eigenvalue weighted by atomic mass is 16.7. The number of allylic oxidation sites excluding steroid dienone is 14. The third-order valence-electron chi connectivity index (χ3n) is 11.8. The minimum absolute atomic E-state index is 0.0773. The highest BCUT2D eigenvalue weighted by molar-refractivity contribution is 5.70. The van der Waals surface area contributed by atoms with Gasteiger partial charge in [-0.15, -0.1) is 0 Å². The molecule has 70 heavy (non-hydrogen) atoms. The molecule has 0 amide bonds. The lowest BCUT2D eigenvalue weighted by Crippen LogP contribution is -2.61. The molecule has 2 aliphatic rings. The molecule has 0 aromatic rings. The fraction of sp³-hybridized carbons (Fsp3) is 0.709. The van der Waals surface area contributed by atoms with Crippen molar-refractivity contribution in [2.45, 2.75) is 223 Å². The molecule has 0 bridgehead atoms. The van der Waals surface area contributed by atoms with Gasteiger partial charge in [-0.25, -0.2) is 0 Å². The number of hydrogen-bond donors (Lipinski definition) is 7. The summed E-state index contributed by atoms with van der Waals surface area (Å²) >= 11 is 0. The minimum Gasteiger partial charge on any atom is -0.462 e. The van der Waals surface area contributed by atoms with Crippen LogP contribution in [0.1, 0.15) is 155 Å². The molecular weight excluding hydrogens is 901 g/mol. The first-order valence-corrected chi connectivity index (χ1v) is 26.2. The van der Waals surface area contributed by atoms with Crippen molar-refractivity contribution in [3.05, 3.63) is 85.1 Å². The van der Waals surface area contributed by atoms with Crippen LogP contribution in [0.5, 0.6) is 0 Å². The molecule has 0 aliphatic carbocycles. The van der Waals surface area contributed by atoms with Gasteiger partial charge in [0, 0.05) is 12.8 Å². The average Bonchev–Trinajstić information content (AvgIpc) is 3.35.